The number of halogens is 1. The van der Waals surface area contributed by atoms with Gasteiger partial charge >= 0.3 is 0 Å². The number of carbonyl (C=O) groups excluding carboxylic acids is 1. The Morgan fingerprint density at radius 1 is 1.67 bits per heavy atom. The number of nitrogens with one attached hydrogen (secondary N) is 2. The summed E-state index contributed by atoms with van der Waals surface area (Å²) in [5.74, 6) is 0.772. The number of hydrogen-bond donors (Lipinski definition) is 2. The van der Waals surface area contributed by atoms with E-state index in [0.717, 1.165) is 46.2 Å². The fraction of sp³-hybridized carbons (Fsp3) is 0.615. The fourth-order valence-electron chi connectivity index (χ4n) is 2.22. The van der Waals surface area contributed by atoms with Crippen molar-refractivity contribution in [3.05, 3.63) is 20.3 Å². The second-order valence-electron chi connectivity index (χ2n) is 4.82. The lowest BCUT2D eigenvalue weighted by atomic mass is 9.96. The number of piperidine rings is 1. The van der Waals surface area contributed by atoms with Gasteiger partial charge in [0.25, 0.3) is 5.91 Å². The molecule has 1 saturated heterocycles. The zero-order chi connectivity index (χ0) is 13.0. The topological polar surface area (TPSA) is 41.1 Å². The first-order valence-corrected chi connectivity index (χ1v) is 8.02. The van der Waals surface area contributed by atoms with Crippen LogP contribution in [0.2, 0.25) is 0 Å². The van der Waals surface area contributed by atoms with Crippen LogP contribution in [0.3, 0.4) is 0 Å². The Kier molecular flexibility index (Phi) is 5.21. The van der Waals surface area contributed by atoms with Crippen LogP contribution in [0.15, 0.2) is 9.85 Å². The molecule has 5 heteroatoms. The van der Waals surface area contributed by atoms with Gasteiger partial charge in [0, 0.05) is 6.54 Å². The van der Waals surface area contributed by atoms with E-state index in [2.05, 4.69) is 26.6 Å². The molecule has 100 valence electrons. The zero-order valence-corrected chi connectivity index (χ0v) is 13.0. The second-order valence-corrected chi connectivity index (χ2v) is 7.19. The van der Waals surface area contributed by atoms with Crippen LogP contribution < -0.4 is 10.6 Å². The molecule has 1 aromatic rings. The van der Waals surface area contributed by atoms with Crippen LogP contribution in [0.1, 0.15) is 34.5 Å². The maximum absolute atomic E-state index is 11.9. The predicted octanol–water partition coefficient (Wildman–Crippen LogP) is 2.94. The average Bonchev–Trinajstić information content (AvgIpc) is 2.71. The molecule has 18 heavy (non-hydrogen) atoms. The van der Waals surface area contributed by atoms with E-state index in [9.17, 15) is 4.79 Å². The maximum Gasteiger partial charge on any atom is 0.261 e. The summed E-state index contributed by atoms with van der Waals surface area (Å²) < 4.78 is 1.05. The van der Waals surface area contributed by atoms with E-state index in [1.165, 1.54) is 24.2 Å². The van der Waals surface area contributed by atoms with Crippen molar-refractivity contribution < 1.29 is 4.79 Å². The highest BCUT2D eigenvalue weighted by Gasteiger charge is 2.14. The molecular formula is C13H19BrN2OS. The number of rotatable bonds is 4. The minimum absolute atomic E-state index is 0.0533. The normalized spacial score (nSPS) is 19.8. The Bertz CT molecular complexity index is 394. The van der Waals surface area contributed by atoms with Crippen molar-refractivity contribution in [2.75, 3.05) is 19.6 Å². The number of hydrogen-bond acceptors (Lipinski definition) is 3. The molecule has 0 aliphatic carbocycles. The molecule has 0 radical (unpaired) electrons. The summed E-state index contributed by atoms with van der Waals surface area (Å²) >= 11 is 4.95. The molecule has 1 unspecified atom stereocenters. The molecule has 1 fully saturated rings. The molecule has 1 amide bonds. The number of thiophene rings is 1. The van der Waals surface area contributed by atoms with Crippen molar-refractivity contribution in [1.82, 2.24) is 10.6 Å². The molecule has 2 heterocycles. The molecule has 3 nitrogen and oxygen atoms in total. The summed E-state index contributed by atoms with van der Waals surface area (Å²) in [5, 5.41) is 6.41. The summed E-state index contributed by atoms with van der Waals surface area (Å²) in [6.45, 7) is 5.02. The Balaban J connectivity index is 1.74. The highest BCUT2D eigenvalue weighted by molar-refractivity contribution is 9.11. The van der Waals surface area contributed by atoms with Crippen molar-refractivity contribution in [2.24, 2.45) is 5.92 Å². The van der Waals surface area contributed by atoms with Crippen LogP contribution >= 0.6 is 27.3 Å². The van der Waals surface area contributed by atoms with E-state index in [1.54, 1.807) is 0 Å². The Hall–Kier alpha value is -0.390. The third-order valence-corrected chi connectivity index (χ3v) is 5.45. The quantitative estimate of drug-likeness (QED) is 0.891. The van der Waals surface area contributed by atoms with Crippen molar-refractivity contribution in [2.45, 2.75) is 26.2 Å². The van der Waals surface area contributed by atoms with Gasteiger partial charge < -0.3 is 10.6 Å². The Labute approximate surface area is 120 Å². The van der Waals surface area contributed by atoms with Crippen molar-refractivity contribution in [3.8, 4) is 0 Å². The second kappa shape index (κ2) is 6.68. The predicted molar refractivity (Wildman–Crippen MR) is 79.3 cm³/mol. The van der Waals surface area contributed by atoms with Crippen LogP contribution in [-0.4, -0.2) is 25.5 Å². The van der Waals surface area contributed by atoms with Crippen molar-refractivity contribution >= 4 is 33.2 Å². The fourth-order valence-corrected chi connectivity index (χ4v) is 3.67. The van der Waals surface area contributed by atoms with E-state index in [4.69, 9.17) is 0 Å². The van der Waals surface area contributed by atoms with E-state index in [1.807, 2.05) is 13.0 Å². The molecular weight excluding hydrogens is 312 g/mol. The van der Waals surface area contributed by atoms with Gasteiger partial charge in [-0.15, -0.1) is 11.3 Å². The highest BCUT2D eigenvalue weighted by Crippen LogP contribution is 2.27. The third-order valence-electron chi connectivity index (χ3n) is 3.32. The summed E-state index contributed by atoms with van der Waals surface area (Å²) in [7, 11) is 0. The molecule has 2 N–H and O–H groups in total. The summed E-state index contributed by atoms with van der Waals surface area (Å²) in [6, 6.07) is 1.94. The lowest BCUT2D eigenvalue weighted by Crippen LogP contribution is -2.33. The van der Waals surface area contributed by atoms with Gasteiger partial charge in [0.15, 0.2) is 0 Å². The molecule has 0 saturated carbocycles. The van der Waals surface area contributed by atoms with Gasteiger partial charge in [-0.25, -0.2) is 0 Å². The third kappa shape index (κ3) is 3.80. The largest absolute Gasteiger partial charge is 0.351 e. The number of aryl methyl sites for hydroxylation is 1. The van der Waals surface area contributed by atoms with Crippen LogP contribution in [0, 0.1) is 12.8 Å². The minimum Gasteiger partial charge on any atom is -0.351 e. The average molecular weight is 331 g/mol. The van der Waals surface area contributed by atoms with Gasteiger partial charge in [-0.3, -0.25) is 4.79 Å². The van der Waals surface area contributed by atoms with Gasteiger partial charge in [-0.05, 0) is 72.8 Å². The summed E-state index contributed by atoms with van der Waals surface area (Å²) in [4.78, 5) is 12.7. The maximum atomic E-state index is 11.9. The van der Waals surface area contributed by atoms with Crippen molar-refractivity contribution in [3.63, 3.8) is 0 Å². The molecule has 1 atom stereocenters. The summed E-state index contributed by atoms with van der Waals surface area (Å²) in [5.41, 5.74) is 1.13. The first-order chi connectivity index (χ1) is 8.66. The van der Waals surface area contributed by atoms with E-state index >= 15 is 0 Å². The lowest BCUT2D eigenvalue weighted by molar-refractivity contribution is 0.0954. The van der Waals surface area contributed by atoms with Crippen LogP contribution in [-0.2, 0) is 0 Å². The summed E-state index contributed by atoms with van der Waals surface area (Å²) in [6.07, 6.45) is 3.62. The molecule has 0 bridgehead atoms. The Morgan fingerprint density at radius 3 is 3.11 bits per heavy atom. The van der Waals surface area contributed by atoms with Gasteiger partial charge in [-0.2, -0.15) is 0 Å². The van der Waals surface area contributed by atoms with E-state index in [-0.39, 0.29) is 5.91 Å². The lowest BCUT2D eigenvalue weighted by Gasteiger charge is -2.22. The van der Waals surface area contributed by atoms with Crippen molar-refractivity contribution in [1.29, 1.82) is 0 Å². The Morgan fingerprint density at radius 2 is 2.50 bits per heavy atom. The van der Waals surface area contributed by atoms with E-state index in [0.29, 0.717) is 0 Å². The van der Waals surface area contributed by atoms with Crippen LogP contribution in [0.25, 0.3) is 0 Å². The standard InChI is InChI=1S/C13H19BrN2OS/c1-9-7-11(18-12(9)14)13(17)16-6-4-10-3-2-5-15-8-10/h7,10,15H,2-6,8H2,1H3,(H,16,17). The SMILES string of the molecule is Cc1cc(C(=O)NCCC2CCCNC2)sc1Br. The van der Waals surface area contributed by atoms with Gasteiger partial charge in [0.2, 0.25) is 0 Å². The number of amides is 1. The van der Waals surface area contributed by atoms with Crippen LogP contribution in [0.4, 0.5) is 0 Å². The highest BCUT2D eigenvalue weighted by atomic mass is 79.9. The zero-order valence-electron chi connectivity index (χ0n) is 10.6. The first kappa shape index (κ1) is 14.0. The smallest absolute Gasteiger partial charge is 0.261 e. The number of carbonyl (C=O) groups is 1. The minimum atomic E-state index is 0.0533. The molecule has 1 aliphatic heterocycles. The van der Waals surface area contributed by atoms with Crippen LogP contribution in [0.5, 0.6) is 0 Å². The molecule has 1 aliphatic rings. The molecule has 0 spiro atoms. The first-order valence-electron chi connectivity index (χ1n) is 6.41. The monoisotopic (exact) mass is 330 g/mol. The molecule has 0 aromatic carbocycles. The molecule has 2 rings (SSSR count). The molecule has 1 aromatic heterocycles. The van der Waals surface area contributed by atoms with Gasteiger partial charge in [0.05, 0.1) is 8.66 Å². The van der Waals surface area contributed by atoms with Gasteiger partial charge in [-0.1, -0.05) is 0 Å². The van der Waals surface area contributed by atoms with E-state index < -0.39 is 0 Å². The van der Waals surface area contributed by atoms with Gasteiger partial charge in [0.1, 0.15) is 0 Å².